The fourth-order valence-electron chi connectivity index (χ4n) is 1.48. The summed E-state index contributed by atoms with van der Waals surface area (Å²) in [6, 6.07) is 4.70. The Bertz CT molecular complexity index is 559. The lowest BCUT2D eigenvalue weighted by atomic mass is 10.2. The Morgan fingerprint density at radius 3 is 2.89 bits per heavy atom. The Labute approximate surface area is 116 Å². The van der Waals surface area contributed by atoms with Crippen LogP contribution >= 0.6 is 27.3 Å². The smallest absolute Gasteiger partial charge is 0.270 e. The predicted octanol–water partition coefficient (Wildman–Crippen LogP) is 3.99. The first-order valence-electron chi connectivity index (χ1n) is 5.18. The van der Waals surface area contributed by atoms with Crippen molar-refractivity contribution in [2.75, 3.05) is 5.32 Å². The highest BCUT2D eigenvalue weighted by molar-refractivity contribution is 9.10. The van der Waals surface area contributed by atoms with E-state index in [1.54, 1.807) is 23.6 Å². The van der Waals surface area contributed by atoms with Gasteiger partial charge in [-0.2, -0.15) is 0 Å². The number of nitrogens with zero attached hydrogens (tertiary/aromatic N) is 2. The standard InChI is InChI=1S/C11H10BrN3O2S/c1-7(11-13-4-5-18-11)14-10-3-2-8(15(16)17)6-9(10)12/h2-7,14H,1H3. The Morgan fingerprint density at radius 2 is 2.33 bits per heavy atom. The second-order valence-corrected chi connectivity index (χ2v) is 5.44. The molecule has 18 heavy (non-hydrogen) atoms. The van der Waals surface area contributed by atoms with Gasteiger partial charge in [-0.1, -0.05) is 0 Å². The number of hydrogen-bond donors (Lipinski definition) is 1. The summed E-state index contributed by atoms with van der Waals surface area (Å²) in [5.41, 5.74) is 0.873. The molecule has 5 nitrogen and oxygen atoms in total. The van der Waals surface area contributed by atoms with Crippen LogP contribution in [0, 0.1) is 10.1 Å². The third kappa shape index (κ3) is 2.85. The van der Waals surface area contributed by atoms with Gasteiger partial charge in [0, 0.05) is 33.9 Å². The molecule has 1 aromatic carbocycles. The van der Waals surface area contributed by atoms with E-state index in [4.69, 9.17) is 0 Å². The van der Waals surface area contributed by atoms with Crippen molar-refractivity contribution in [1.29, 1.82) is 0 Å². The highest BCUT2D eigenvalue weighted by atomic mass is 79.9. The number of non-ortho nitro benzene ring substituents is 1. The number of benzene rings is 1. The predicted molar refractivity (Wildman–Crippen MR) is 74.9 cm³/mol. The molecule has 0 amide bonds. The van der Waals surface area contributed by atoms with Gasteiger partial charge in [0.15, 0.2) is 0 Å². The fourth-order valence-corrected chi connectivity index (χ4v) is 2.61. The molecule has 0 spiro atoms. The largest absolute Gasteiger partial charge is 0.375 e. The quantitative estimate of drug-likeness (QED) is 0.681. The number of halogens is 1. The molecule has 0 bridgehead atoms. The second kappa shape index (κ2) is 5.45. The molecule has 0 radical (unpaired) electrons. The minimum atomic E-state index is -0.418. The summed E-state index contributed by atoms with van der Waals surface area (Å²) in [4.78, 5) is 14.4. The average molecular weight is 328 g/mol. The molecule has 0 aliphatic heterocycles. The van der Waals surface area contributed by atoms with Crippen molar-refractivity contribution in [2.45, 2.75) is 13.0 Å². The number of nitrogens with one attached hydrogen (secondary N) is 1. The van der Waals surface area contributed by atoms with Gasteiger partial charge in [-0.05, 0) is 28.9 Å². The van der Waals surface area contributed by atoms with Gasteiger partial charge in [-0.25, -0.2) is 4.98 Å². The molecule has 1 aromatic heterocycles. The third-order valence-electron chi connectivity index (χ3n) is 2.36. The molecule has 0 saturated carbocycles. The van der Waals surface area contributed by atoms with Crippen molar-refractivity contribution < 1.29 is 4.92 Å². The topological polar surface area (TPSA) is 68.1 Å². The summed E-state index contributed by atoms with van der Waals surface area (Å²) in [5.74, 6) is 0. The summed E-state index contributed by atoms with van der Waals surface area (Å²) < 4.78 is 0.667. The van der Waals surface area contributed by atoms with Crippen LogP contribution in [0.4, 0.5) is 11.4 Å². The maximum Gasteiger partial charge on any atom is 0.270 e. The summed E-state index contributed by atoms with van der Waals surface area (Å²) in [7, 11) is 0. The molecule has 0 aliphatic rings. The molecule has 0 fully saturated rings. The lowest BCUT2D eigenvalue weighted by Gasteiger charge is -2.13. The Morgan fingerprint density at radius 1 is 1.56 bits per heavy atom. The maximum absolute atomic E-state index is 10.6. The molecular weight excluding hydrogens is 318 g/mol. The number of hydrogen-bond acceptors (Lipinski definition) is 5. The zero-order valence-corrected chi connectivity index (χ0v) is 11.9. The van der Waals surface area contributed by atoms with Gasteiger partial charge < -0.3 is 5.32 Å². The van der Waals surface area contributed by atoms with Gasteiger partial charge in [0.2, 0.25) is 0 Å². The van der Waals surface area contributed by atoms with Gasteiger partial charge in [-0.3, -0.25) is 10.1 Å². The first-order valence-corrected chi connectivity index (χ1v) is 6.85. The minimum absolute atomic E-state index is 0.0581. The molecule has 2 rings (SSSR count). The van der Waals surface area contributed by atoms with Gasteiger partial charge in [0.1, 0.15) is 5.01 Å². The minimum Gasteiger partial charge on any atom is -0.375 e. The average Bonchev–Trinajstić information content (AvgIpc) is 2.85. The number of nitro benzene ring substituents is 1. The number of thiazole rings is 1. The van der Waals surface area contributed by atoms with E-state index >= 15 is 0 Å². The second-order valence-electron chi connectivity index (χ2n) is 3.66. The van der Waals surface area contributed by atoms with Crippen molar-refractivity contribution in [1.82, 2.24) is 4.98 Å². The Kier molecular flexibility index (Phi) is 3.93. The normalized spacial score (nSPS) is 12.1. The van der Waals surface area contributed by atoms with Crippen molar-refractivity contribution in [3.05, 3.63) is 49.4 Å². The van der Waals surface area contributed by atoms with E-state index in [1.165, 1.54) is 12.1 Å². The van der Waals surface area contributed by atoms with Crippen LogP contribution < -0.4 is 5.32 Å². The lowest BCUT2D eigenvalue weighted by molar-refractivity contribution is -0.384. The Balaban J connectivity index is 2.17. The number of aromatic nitrogens is 1. The zero-order valence-electron chi connectivity index (χ0n) is 9.46. The molecule has 0 aliphatic carbocycles. The Hall–Kier alpha value is -1.47. The molecule has 7 heteroatoms. The summed E-state index contributed by atoms with van der Waals surface area (Å²) in [6.45, 7) is 1.99. The van der Waals surface area contributed by atoms with Crippen LogP contribution in [0.5, 0.6) is 0 Å². The monoisotopic (exact) mass is 327 g/mol. The highest BCUT2D eigenvalue weighted by Crippen LogP contribution is 2.30. The van der Waals surface area contributed by atoms with Gasteiger partial charge in [-0.15, -0.1) is 11.3 Å². The summed E-state index contributed by atoms with van der Waals surface area (Å²) in [5, 5.41) is 16.8. The van der Waals surface area contributed by atoms with E-state index in [0.29, 0.717) is 4.47 Å². The van der Waals surface area contributed by atoms with Crippen LogP contribution in [0.15, 0.2) is 34.2 Å². The van der Waals surface area contributed by atoms with E-state index in [1.807, 2.05) is 12.3 Å². The molecule has 2 aromatic rings. The van der Waals surface area contributed by atoms with Gasteiger partial charge in [0.25, 0.3) is 5.69 Å². The molecule has 1 atom stereocenters. The third-order valence-corrected chi connectivity index (χ3v) is 3.97. The lowest BCUT2D eigenvalue weighted by Crippen LogP contribution is -2.06. The summed E-state index contributed by atoms with van der Waals surface area (Å²) in [6.07, 6.45) is 1.75. The first-order chi connectivity index (χ1) is 8.58. The van der Waals surface area contributed by atoms with Crippen LogP contribution in [0.3, 0.4) is 0 Å². The van der Waals surface area contributed by atoms with E-state index in [0.717, 1.165) is 10.7 Å². The number of nitro groups is 1. The van der Waals surface area contributed by atoms with Crippen LogP contribution in [-0.4, -0.2) is 9.91 Å². The molecular formula is C11H10BrN3O2S. The fraction of sp³-hybridized carbons (Fsp3) is 0.182. The van der Waals surface area contributed by atoms with Gasteiger partial charge >= 0.3 is 0 Å². The molecule has 94 valence electrons. The van der Waals surface area contributed by atoms with E-state index in [2.05, 4.69) is 26.2 Å². The summed E-state index contributed by atoms with van der Waals surface area (Å²) >= 11 is 4.89. The van der Waals surface area contributed by atoms with Crippen LogP contribution in [-0.2, 0) is 0 Å². The molecule has 1 N–H and O–H groups in total. The van der Waals surface area contributed by atoms with Crippen molar-refractivity contribution >= 4 is 38.6 Å². The van der Waals surface area contributed by atoms with E-state index < -0.39 is 4.92 Å². The van der Waals surface area contributed by atoms with Crippen molar-refractivity contribution in [3.8, 4) is 0 Å². The van der Waals surface area contributed by atoms with Crippen molar-refractivity contribution in [2.24, 2.45) is 0 Å². The maximum atomic E-state index is 10.6. The van der Waals surface area contributed by atoms with Crippen LogP contribution in [0.1, 0.15) is 18.0 Å². The van der Waals surface area contributed by atoms with Crippen LogP contribution in [0.25, 0.3) is 0 Å². The zero-order chi connectivity index (χ0) is 13.1. The SMILES string of the molecule is CC(Nc1ccc([N+](=O)[O-])cc1Br)c1nccs1. The molecule has 1 unspecified atom stereocenters. The van der Waals surface area contributed by atoms with Crippen molar-refractivity contribution in [3.63, 3.8) is 0 Å². The number of anilines is 1. The number of rotatable bonds is 4. The molecule has 1 heterocycles. The van der Waals surface area contributed by atoms with E-state index in [-0.39, 0.29) is 11.7 Å². The molecule has 0 saturated heterocycles. The highest BCUT2D eigenvalue weighted by Gasteiger charge is 2.12. The van der Waals surface area contributed by atoms with E-state index in [9.17, 15) is 10.1 Å². The van der Waals surface area contributed by atoms with Crippen LogP contribution in [0.2, 0.25) is 0 Å². The first kappa shape index (κ1) is 13.0. The van der Waals surface area contributed by atoms with Gasteiger partial charge in [0.05, 0.1) is 11.0 Å².